The molecule has 2 rings (SSSR count). The molecule has 0 aliphatic heterocycles. The number of pyridine rings is 1. The Hall–Kier alpha value is -1.39. The van der Waals surface area contributed by atoms with E-state index in [1.165, 1.54) is 6.20 Å². The Labute approximate surface area is 118 Å². The van der Waals surface area contributed by atoms with Crippen molar-refractivity contribution in [2.45, 2.75) is 6.92 Å². The number of halogens is 2. The average Bonchev–Trinajstić information content (AvgIpc) is 2.35. The van der Waals surface area contributed by atoms with Crippen molar-refractivity contribution in [2.24, 2.45) is 0 Å². The van der Waals surface area contributed by atoms with Gasteiger partial charge in [-0.3, -0.25) is 9.78 Å². The molecule has 1 N–H and O–H groups in total. The number of carbonyl (C=O) groups is 1. The standard InChI is InChI=1S/C13H10BrClN2O/c1-8-11(15)3-2-4-12(8)17-13(18)9-5-10(14)7-16-6-9/h2-7H,1H3,(H,17,18). The Morgan fingerprint density at radius 3 is 2.89 bits per heavy atom. The average molecular weight is 326 g/mol. The van der Waals surface area contributed by atoms with Crippen LogP contribution in [0.25, 0.3) is 0 Å². The van der Waals surface area contributed by atoms with Gasteiger partial charge in [0.2, 0.25) is 0 Å². The minimum atomic E-state index is -0.214. The van der Waals surface area contributed by atoms with Crippen LogP contribution in [0, 0.1) is 6.92 Å². The summed E-state index contributed by atoms with van der Waals surface area (Å²) in [6.45, 7) is 1.86. The molecule has 0 spiro atoms. The maximum absolute atomic E-state index is 12.0. The molecule has 1 aromatic carbocycles. The van der Waals surface area contributed by atoms with Crippen molar-refractivity contribution in [2.75, 3.05) is 5.32 Å². The molecule has 0 saturated heterocycles. The summed E-state index contributed by atoms with van der Waals surface area (Å²) in [5.41, 5.74) is 2.03. The van der Waals surface area contributed by atoms with Crippen LogP contribution in [0.1, 0.15) is 15.9 Å². The quantitative estimate of drug-likeness (QED) is 0.905. The van der Waals surface area contributed by atoms with E-state index in [2.05, 4.69) is 26.2 Å². The second-order valence-corrected chi connectivity index (χ2v) is 5.08. The molecule has 0 fully saturated rings. The first-order valence-corrected chi connectivity index (χ1v) is 6.42. The van der Waals surface area contributed by atoms with Crippen molar-refractivity contribution in [3.05, 3.63) is 57.3 Å². The summed E-state index contributed by atoms with van der Waals surface area (Å²) in [4.78, 5) is 16.0. The second-order valence-electron chi connectivity index (χ2n) is 3.76. The van der Waals surface area contributed by atoms with Crippen LogP contribution in [0.5, 0.6) is 0 Å². The molecule has 0 saturated carbocycles. The van der Waals surface area contributed by atoms with Crippen LogP contribution in [0.3, 0.4) is 0 Å². The molecule has 0 radical (unpaired) electrons. The molecule has 1 aromatic heterocycles. The molecule has 0 aliphatic carbocycles. The maximum atomic E-state index is 12.0. The number of amides is 1. The largest absolute Gasteiger partial charge is 0.322 e. The van der Waals surface area contributed by atoms with E-state index in [9.17, 15) is 4.79 Å². The predicted molar refractivity (Wildman–Crippen MR) is 76.1 cm³/mol. The number of anilines is 1. The fourth-order valence-corrected chi connectivity index (χ4v) is 2.01. The van der Waals surface area contributed by atoms with Gasteiger partial charge in [-0.25, -0.2) is 0 Å². The lowest BCUT2D eigenvalue weighted by Gasteiger charge is -2.09. The smallest absolute Gasteiger partial charge is 0.257 e. The van der Waals surface area contributed by atoms with Crippen LogP contribution in [-0.2, 0) is 0 Å². The van der Waals surface area contributed by atoms with Gasteiger partial charge in [-0.1, -0.05) is 17.7 Å². The van der Waals surface area contributed by atoms with Crippen molar-refractivity contribution < 1.29 is 4.79 Å². The zero-order valence-electron chi connectivity index (χ0n) is 9.58. The first kappa shape index (κ1) is 13.1. The topological polar surface area (TPSA) is 42.0 Å². The van der Waals surface area contributed by atoms with Gasteiger partial charge in [0.25, 0.3) is 5.91 Å². The maximum Gasteiger partial charge on any atom is 0.257 e. The van der Waals surface area contributed by atoms with Gasteiger partial charge >= 0.3 is 0 Å². The number of nitrogens with one attached hydrogen (secondary N) is 1. The molecular weight excluding hydrogens is 316 g/mol. The highest BCUT2D eigenvalue weighted by Crippen LogP contribution is 2.23. The third kappa shape index (κ3) is 2.89. The van der Waals surface area contributed by atoms with Crippen LogP contribution in [0.15, 0.2) is 41.1 Å². The van der Waals surface area contributed by atoms with E-state index in [0.717, 1.165) is 10.0 Å². The first-order valence-electron chi connectivity index (χ1n) is 5.25. The van der Waals surface area contributed by atoms with Gasteiger partial charge in [0, 0.05) is 27.6 Å². The van der Waals surface area contributed by atoms with Gasteiger partial charge in [-0.05, 0) is 46.6 Å². The lowest BCUT2D eigenvalue weighted by atomic mass is 10.2. The normalized spacial score (nSPS) is 10.2. The second kappa shape index (κ2) is 5.50. The molecule has 3 nitrogen and oxygen atoms in total. The molecule has 2 aromatic rings. The highest BCUT2D eigenvalue weighted by Gasteiger charge is 2.09. The van der Waals surface area contributed by atoms with Crippen LogP contribution in [0.4, 0.5) is 5.69 Å². The van der Waals surface area contributed by atoms with Crippen LogP contribution in [0.2, 0.25) is 5.02 Å². The van der Waals surface area contributed by atoms with Gasteiger partial charge in [0.1, 0.15) is 0 Å². The van der Waals surface area contributed by atoms with Gasteiger partial charge < -0.3 is 5.32 Å². The molecule has 0 unspecified atom stereocenters. The molecule has 18 heavy (non-hydrogen) atoms. The van der Waals surface area contributed by atoms with E-state index < -0.39 is 0 Å². The number of carbonyl (C=O) groups excluding carboxylic acids is 1. The minimum absolute atomic E-state index is 0.214. The van der Waals surface area contributed by atoms with E-state index in [0.29, 0.717) is 16.3 Å². The summed E-state index contributed by atoms with van der Waals surface area (Å²) in [6.07, 6.45) is 3.14. The number of rotatable bonds is 2. The molecule has 0 aliphatic rings. The summed E-state index contributed by atoms with van der Waals surface area (Å²) < 4.78 is 0.762. The van der Waals surface area contributed by atoms with Crippen molar-refractivity contribution in [1.82, 2.24) is 4.98 Å². The van der Waals surface area contributed by atoms with E-state index in [4.69, 9.17) is 11.6 Å². The molecule has 0 atom stereocenters. The van der Waals surface area contributed by atoms with E-state index >= 15 is 0 Å². The highest BCUT2D eigenvalue weighted by molar-refractivity contribution is 9.10. The van der Waals surface area contributed by atoms with E-state index in [-0.39, 0.29) is 5.91 Å². The van der Waals surface area contributed by atoms with Crippen molar-refractivity contribution in [1.29, 1.82) is 0 Å². The number of nitrogens with zero attached hydrogens (tertiary/aromatic N) is 1. The Balaban J connectivity index is 2.24. The number of benzene rings is 1. The van der Waals surface area contributed by atoms with Gasteiger partial charge in [0.05, 0.1) is 5.56 Å². The molecule has 0 bridgehead atoms. The fraction of sp³-hybridized carbons (Fsp3) is 0.0769. The predicted octanol–water partition coefficient (Wildman–Crippen LogP) is 4.06. The summed E-state index contributed by atoms with van der Waals surface area (Å²) in [6, 6.07) is 7.10. The van der Waals surface area contributed by atoms with Crippen LogP contribution < -0.4 is 5.32 Å². The Morgan fingerprint density at radius 1 is 1.39 bits per heavy atom. The molecule has 5 heteroatoms. The molecule has 92 valence electrons. The van der Waals surface area contributed by atoms with Crippen LogP contribution in [-0.4, -0.2) is 10.9 Å². The van der Waals surface area contributed by atoms with Crippen molar-refractivity contribution in [3.8, 4) is 0 Å². The SMILES string of the molecule is Cc1c(Cl)cccc1NC(=O)c1cncc(Br)c1. The summed E-state index contributed by atoms with van der Waals surface area (Å²) in [5.74, 6) is -0.214. The Morgan fingerprint density at radius 2 is 2.17 bits per heavy atom. The van der Waals surface area contributed by atoms with Gasteiger partial charge in [-0.15, -0.1) is 0 Å². The van der Waals surface area contributed by atoms with Crippen molar-refractivity contribution in [3.63, 3.8) is 0 Å². The summed E-state index contributed by atoms with van der Waals surface area (Å²) >= 11 is 9.28. The monoisotopic (exact) mass is 324 g/mol. The van der Waals surface area contributed by atoms with Gasteiger partial charge in [0.15, 0.2) is 0 Å². The first-order chi connectivity index (χ1) is 8.58. The van der Waals surface area contributed by atoms with E-state index in [1.54, 1.807) is 24.4 Å². The fourth-order valence-electron chi connectivity index (χ4n) is 1.47. The highest BCUT2D eigenvalue weighted by atomic mass is 79.9. The number of hydrogen-bond acceptors (Lipinski definition) is 2. The number of hydrogen-bond donors (Lipinski definition) is 1. The summed E-state index contributed by atoms with van der Waals surface area (Å²) in [7, 11) is 0. The zero-order valence-corrected chi connectivity index (χ0v) is 11.9. The van der Waals surface area contributed by atoms with Gasteiger partial charge in [-0.2, -0.15) is 0 Å². The van der Waals surface area contributed by atoms with Crippen LogP contribution >= 0.6 is 27.5 Å². The van der Waals surface area contributed by atoms with E-state index in [1.807, 2.05) is 13.0 Å². The third-order valence-electron chi connectivity index (χ3n) is 2.48. The Bertz CT molecular complexity index is 601. The third-order valence-corrected chi connectivity index (χ3v) is 3.33. The lowest BCUT2D eigenvalue weighted by molar-refractivity contribution is 0.102. The molecular formula is C13H10BrClN2O. The lowest BCUT2D eigenvalue weighted by Crippen LogP contribution is -2.13. The minimum Gasteiger partial charge on any atom is -0.322 e. The Kier molecular flexibility index (Phi) is 3.99. The van der Waals surface area contributed by atoms with Crippen molar-refractivity contribution >= 4 is 39.1 Å². The zero-order chi connectivity index (χ0) is 13.1. The number of aromatic nitrogens is 1. The molecule has 1 amide bonds. The summed E-state index contributed by atoms with van der Waals surface area (Å²) in [5, 5.41) is 3.44. The molecule has 1 heterocycles.